The quantitative estimate of drug-likeness (QED) is 0.615. The minimum Gasteiger partial charge on any atom is -0.245 e. The van der Waals surface area contributed by atoms with Crippen molar-refractivity contribution in [1.82, 2.24) is 9.97 Å². The molecule has 12 heavy (non-hydrogen) atoms. The van der Waals surface area contributed by atoms with Crippen LogP contribution < -0.4 is 0 Å². The Kier molecular flexibility index (Phi) is 1.92. The summed E-state index contributed by atoms with van der Waals surface area (Å²) >= 11 is 5.85. The molecular formula is C9H7ClN2. The summed E-state index contributed by atoms with van der Waals surface area (Å²) in [6, 6.07) is 1.87. The van der Waals surface area contributed by atoms with Crippen LogP contribution in [0.3, 0.4) is 0 Å². The van der Waals surface area contributed by atoms with Gasteiger partial charge in [0, 0.05) is 6.20 Å². The van der Waals surface area contributed by atoms with Crippen molar-refractivity contribution in [2.45, 2.75) is 5.38 Å². The van der Waals surface area contributed by atoms with Crippen molar-refractivity contribution in [1.29, 1.82) is 0 Å². The number of allylic oxidation sites excluding steroid dienone is 4. The lowest BCUT2D eigenvalue weighted by molar-refractivity contribution is 1.14. The maximum absolute atomic E-state index is 5.85. The number of nitrogens with zero attached hydrogens (tertiary/aromatic N) is 2. The molecule has 0 bridgehead atoms. The summed E-state index contributed by atoms with van der Waals surface area (Å²) in [6.45, 7) is 0. The van der Waals surface area contributed by atoms with E-state index in [9.17, 15) is 0 Å². The molecule has 1 aliphatic carbocycles. The molecule has 0 spiro atoms. The van der Waals surface area contributed by atoms with Gasteiger partial charge >= 0.3 is 0 Å². The smallest absolute Gasteiger partial charge is 0.116 e. The molecular weight excluding hydrogens is 172 g/mol. The summed E-state index contributed by atoms with van der Waals surface area (Å²) in [7, 11) is 0. The summed E-state index contributed by atoms with van der Waals surface area (Å²) in [5, 5.41) is 0.00923. The van der Waals surface area contributed by atoms with Crippen molar-refractivity contribution in [2.24, 2.45) is 0 Å². The van der Waals surface area contributed by atoms with Crippen LogP contribution in [0.15, 0.2) is 36.8 Å². The molecule has 0 saturated carbocycles. The SMILES string of the molecule is ClC1C=CC(c2ccncn2)=C1. The van der Waals surface area contributed by atoms with Gasteiger partial charge in [-0.1, -0.05) is 18.2 Å². The van der Waals surface area contributed by atoms with E-state index in [0.29, 0.717) is 0 Å². The van der Waals surface area contributed by atoms with E-state index in [-0.39, 0.29) is 5.38 Å². The Hall–Kier alpha value is -1.15. The standard InChI is InChI=1S/C9H7ClN2/c10-8-2-1-7(5-8)9-3-4-11-6-12-9/h1-6,8H. The summed E-state index contributed by atoms with van der Waals surface area (Å²) < 4.78 is 0. The molecule has 1 unspecified atom stereocenters. The third kappa shape index (κ3) is 1.38. The zero-order chi connectivity index (χ0) is 8.39. The number of rotatable bonds is 1. The molecule has 0 radical (unpaired) electrons. The Bertz CT molecular complexity index is 330. The maximum Gasteiger partial charge on any atom is 0.116 e. The van der Waals surface area contributed by atoms with Crippen molar-refractivity contribution >= 4 is 17.2 Å². The molecule has 2 nitrogen and oxygen atoms in total. The number of halogens is 1. The van der Waals surface area contributed by atoms with Crippen LogP contribution in [0.25, 0.3) is 5.57 Å². The number of hydrogen-bond donors (Lipinski definition) is 0. The van der Waals surface area contributed by atoms with Gasteiger partial charge in [-0.25, -0.2) is 9.97 Å². The summed E-state index contributed by atoms with van der Waals surface area (Å²) in [5.41, 5.74) is 1.99. The van der Waals surface area contributed by atoms with Crippen LogP contribution in [-0.4, -0.2) is 15.3 Å². The van der Waals surface area contributed by atoms with E-state index in [0.717, 1.165) is 11.3 Å². The van der Waals surface area contributed by atoms with Gasteiger partial charge in [0.15, 0.2) is 0 Å². The van der Waals surface area contributed by atoms with E-state index in [2.05, 4.69) is 9.97 Å². The van der Waals surface area contributed by atoms with Crippen LogP contribution in [0.4, 0.5) is 0 Å². The Morgan fingerprint density at radius 3 is 2.92 bits per heavy atom. The van der Waals surface area contributed by atoms with Crippen molar-refractivity contribution in [3.05, 3.63) is 42.5 Å². The number of alkyl halides is 1. The molecule has 1 atom stereocenters. The predicted octanol–water partition coefficient (Wildman–Crippen LogP) is 2.04. The highest BCUT2D eigenvalue weighted by atomic mass is 35.5. The second kappa shape index (κ2) is 3.07. The molecule has 0 N–H and O–H groups in total. The van der Waals surface area contributed by atoms with E-state index in [4.69, 9.17) is 11.6 Å². The highest BCUT2D eigenvalue weighted by Crippen LogP contribution is 2.21. The highest BCUT2D eigenvalue weighted by molar-refractivity contribution is 6.24. The largest absolute Gasteiger partial charge is 0.245 e. The molecule has 1 aromatic rings. The maximum atomic E-state index is 5.85. The van der Waals surface area contributed by atoms with Crippen LogP contribution in [0.2, 0.25) is 0 Å². The Morgan fingerprint density at radius 2 is 2.33 bits per heavy atom. The molecule has 60 valence electrons. The molecule has 0 saturated heterocycles. The zero-order valence-electron chi connectivity index (χ0n) is 6.31. The zero-order valence-corrected chi connectivity index (χ0v) is 7.07. The Labute approximate surface area is 75.6 Å². The van der Waals surface area contributed by atoms with E-state index < -0.39 is 0 Å². The fourth-order valence-corrected chi connectivity index (χ4v) is 1.32. The fourth-order valence-electron chi connectivity index (χ4n) is 1.11. The third-order valence-corrected chi connectivity index (χ3v) is 1.95. The first-order chi connectivity index (χ1) is 5.86. The van der Waals surface area contributed by atoms with Gasteiger partial charge in [0.25, 0.3) is 0 Å². The van der Waals surface area contributed by atoms with Crippen LogP contribution in [0, 0.1) is 0 Å². The van der Waals surface area contributed by atoms with Crippen LogP contribution >= 0.6 is 11.6 Å². The molecule has 0 amide bonds. The summed E-state index contributed by atoms with van der Waals surface area (Å²) in [5.74, 6) is 0. The third-order valence-electron chi connectivity index (χ3n) is 1.68. The molecule has 1 heterocycles. The molecule has 0 aliphatic heterocycles. The van der Waals surface area contributed by atoms with Gasteiger partial charge in [0.05, 0.1) is 11.1 Å². The molecule has 0 aromatic carbocycles. The minimum absolute atomic E-state index is 0.00923. The van der Waals surface area contributed by atoms with Crippen LogP contribution in [0.5, 0.6) is 0 Å². The second-order valence-electron chi connectivity index (χ2n) is 2.52. The molecule has 1 aromatic heterocycles. The van der Waals surface area contributed by atoms with E-state index in [1.807, 2.05) is 24.3 Å². The van der Waals surface area contributed by atoms with Gasteiger partial charge in [-0.2, -0.15) is 0 Å². The van der Waals surface area contributed by atoms with Crippen LogP contribution in [0.1, 0.15) is 5.69 Å². The molecule has 2 rings (SSSR count). The van der Waals surface area contributed by atoms with Gasteiger partial charge in [0.2, 0.25) is 0 Å². The minimum atomic E-state index is 0.00923. The van der Waals surface area contributed by atoms with Gasteiger partial charge in [-0.05, 0) is 11.6 Å². The van der Waals surface area contributed by atoms with E-state index >= 15 is 0 Å². The van der Waals surface area contributed by atoms with Gasteiger partial charge in [-0.3, -0.25) is 0 Å². The topological polar surface area (TPSA) is 25.8 Å². The van der Waals surface area contributed by atoms with Gasteiger partial charge in [-0.15, -0.1) is 11.6 Å². The first-order valence-corrected chi connectivity index (χ1v) is 4.10. The second-order valence-corrected chi connectivity index (χ2v) is 3.02. The average molecular weight is 179 g/mol. The lowest BCUT2D eigenvalue weighted by atomic mass is 10.2. The fraction of sp³-hybridized carbons (Fsp3) is 0.111. The summed E-state index contributed by atoms with van der Waals surface area (Å²) in [4.78, 5) is 7.95. The predicted molar refractivity (Wildman–Crippen MR) is 48.8 cm³/mol. The lowest BCUT2D eigenvalue weighted by Gasteiger charge is -1.95. The van der Waals surface area contributed by atoms with Crippen molar-refractivity contribution < 1.29 is 0 Å². The normalized spacial score (nSPS) is 21.1. The first-order valence-electron chi connectivity index (χ1n) is 3.67. The van der Waals surface area contributed by atoms with Crippen molar-refractivity contribution in [3.63, 3.8) is 0 Å². The summed E-state index contributed by atoms with van der Waals surface area (Å²) in [6.07, 6.45) is 9.12. The highest BCUT2D eigenvalue weighted by Gasteiger charge is 2.07. The van der Waals surface area contributed by atoms with Crippen molar-refractivity contribution in [3.8, 4) is 0 Å². The van der Waals surface area contributed by atoms with Crippen LogP contribution in [-0.2, 0) is 0 Å². The number of aromatic nitrogens is 2. The number of hydrogen-bond acceptors (Lipinski definition) is 2. The lowest BCUT2D eigenvalue weighted by Crippen LogP contribution is -1.86. The van der Waals surface area contributed by atoms with Crippen molar-refractivity contribution in [2.75, 3.05) is 0 Å². The van der Waals surface area contributed by atoms with E-state index in [1.54, 1.807) is 6.20 Å². The molecule has 3 heteroatoms. The Balaban J connectivity index is 2.34. The van der Waals surface area contributed by atoms with Gasteiger partial charge in [0.1, 0.15) is 6.33 Å². The molecule has 1 aliphatic rings. The first kappa shape index (κ1) is 7.50. The molecule has 0 fully saturated rings. The average Bonchev–Trinajstić information content (AvgIpc) is 2.54. The van der Waals surface area contributed by atoms with E-state index in [1.165, 1.54) is 6.33 Å². The monoisotopic (exact) mass is 178 g/mol. The Morgan fingerprint density at radius 1 is 1.42 bits per heavy atom. The van der Waals surface area contributed by atoms with Gasteiger partial charge < -0.3 is 0 Å².